The zero-order valence-electron chi connectivity index (χ0n) is 16.8. The largest absolute Gasteiger partial charge is 0.467 e. The molecule has 1 amide bonds. The van der Waals surface area contributed by atoms with E-state index in [1.165, 1.54) is 22.8 Å². The number of aromatic nitrogens is 2. The maximum atomic E-state index is 13.1. The Morgan fingerprint density at radius 1 is 1.29 bits per heavy atom. The van der Waals surface area contributed by atoms with Crippen LogP contribution in [0.5, 0.6) is 0 Å². The number of hydrogen-bond acceptors (Lipinski definition) is 6. The summed E-state index contributed by atoms with van der Waals surface area (Å²) in [6.07, 6.45) is 5.12. The van der Waals surface area contributed by atoms with Crippen LogP contribution in [0, 0.1) is 0 Å². The van der Waals surface area contributed by atoms with Gasteiger partial charge in [-0.15, -0.1) is 0 Å². The molecular weight excluding hydrogens is 436 g/mol. The van der Waals surface area contributed by atoms with Gasteiger partial charge in [0.25, 0.3) is 11.5 Å². The summed E-state index contributed by atoms with van der Waals surface area (Å²) < 4.78 is 5.56. The second-order valence-electron chi connectivity index (χ2n) is 7.00. The molecule has 0 saturated carbocycles. The summed E-state index contributed by atoms with van der Waals surface area (Å²) in [6.45, 7) is 2.03. The van der Waals surface area contributed by atoms with Gasteiger partial charge >= 0.3 is 0 Å². The number of aromatic amines is 1. The Morgan fingerprint density at radius 3 is 2.81 bits per heavy atom. The highest BCUT2D eigenvalue weighted by Gasteiger charge is 2.32. The van der Waals surface area contributed by atoms with Gasteiger partial charge in [-0.3, -0.25) is 15.0 Å². The van der Waals surface area contributed by atoms with Crippen LogP contribution in [-0.4, -0.2) is 26.6 Å². The quantitative estimate of drug-likeness (QED) is 0.409. The number of benzene rings is 1. The molecule has 2 aromatic heterocycles. The summed E-state index contributed by atoms with van der Waals surface area (Å²) >= 11 is 7.19. The molecule has 3 aromatic rings. The average molecular weight is 457 g/mol. The van der Waals surface area contributed by atoms with Gasteiger partial charge in [0.15, 0.2) is 5.16 Å². The number of nitrogens with one attached hydrogen (secondary N) is 2. The molecule has 0 fully saturated rings. The van der Waals surface area contributed by atoms with E-state index in [1.54, 1.807) is 24.5 Å². The second-order valence-corrected chi connectivity index (χ2v) is 8.40. The van der Waals surface area contributed by atoms with Gasteiger partial charge in [0.2, 0.25) is 0 Å². The van der Waals surface area contributed by atoms with Crippen LogP contribution in [0.25, 0.3) is 5.70 Å². The summed E-state index contributed by atoms with van der Waals surface area (Å²) in [6, 6.07) is 12.1. The maximum Gasteiger partial charge on any atom is 0.252 e. The first-order valence-corrected chi connectivity index (χ1v) is 11.2. The lowest BCUT2D eigenvalue weighted by Gasteiger charge is -2.23. The molecule has 1 aromatic carbocycles. The van der Waals surface area contributed by atoms with Gasteiger partial charge in [-0.05, 0) is 42.3 Å². The number of halogens is 1. The number of hydrogen-bond donors (Lipinski definition) is 2. The Balaban J connectivity index is 1.51. The molecule has 9 heteroatoms. The highest BCUT2D eigenvalue weighted by Crippen LogP contribution is 2.32. The number of H-pyrrole nitrogens is 1. The smallest absolute Gasteiger partial charge is 0.252 e. The van der Waals surface area contributed by atoms with Gasteiger partial charge < -0.3 is 9.40 Å². The molecule has 3 heterocycles. The summed E-state index contributed by atoms with van der Waals surface area (Å²) in [5.41, 5.74) is 5.38. The number of thioether (sulfide) groups is 1. The Kier molecular flexibility index (Phi) is 6.48. The zero-order chi connectivity index (χ0) is 21.8. The number of carbonyl (C=O) groups excluding carboxylic acids is 1. The summed E-state index contributed by atoms with van der Waals surface area (Å²) in [4.78, 5) is 32.1. The number of nitrogens with zero attached hydrogens (tertiary/aromatic N) is 2. The highest BCUT2D eigenvalue weighted by molar-refractivity contribution is 7.99. The van der Waals surface area contributed by atoms with Gasteiger partial charge in [0.1, 0.15) is 11.8 Å². The van der Waals surface area contributed by atoms with Crippen molar-refractivity contribution in [1.82, 2.24) is 20.4 Å². The fourth-order valence-electron chi connectivity index (χ4n) is 3.28. The third-order valence-electron chi connectivity index (χ3n) is 4.71. The first kappa shape index (κ1) is 21.3. The van der Waals surface area contributed by atoms with Crippen molar-refractivity contribution in [2.75, 3.05) is 5.75 Å². The third kappa shape index (κ3) is 5.03. The molecule has 4 rings (SSSR count). The first-order chi connectivity index (χ1) is 15.0. The molecule has 0 spiro atoms. The zero-order valence-corrected chi connectivity index (χ0v) is 18.4. The second kappa shape index (κ2) is 9.45. The number of amides is 1. The van der Waals surface area contributed by atoms with Gasteiger partial charge in [-0.2, -0.15) is 0 Å². The molecule has 0 saturated heterocycles. The number of aryl methyl sites for hydroxylation is 1. The minimum absolute atomic E-state index is 0.102. The van der Waals surface area contributed by atoms with E-state index < -0.39 is 6.04 Å². The van der Waals surface area contributed by atoms with Gasteiger partial charge in [-0.1, -0.05) is 48.8 Å². The summed E-state index contributed by atoms with van der Waals surface area (Å²) in [7, 11) is 0. The normalized spacial score (nSPS) is 15.6. The Morgan fingerprint density at radius 2 is 2.10 bits per heavy atom. The number of hydrazine groups is 1. The van der Waals surface area contributed by atoms with Crippen molar-refractivity contribution in [3.05, 3.63) is 87.2 Å². The molecule has 1 aliphatic heterocycles. The van der Waals surface area contributed by atoms with E-state index in [9.17, 15) is 9.59 Å². The minimum atomic E-state index is -0.396. The van der Waals surface area contributed by atoms with Crippen LogP contribution >= 0.6 is 23.4 Å². The van der Waals surface area contributed by atoms with E-state index in [4.69, 9.17) is 16.0 Å². The van der Waals surface area contributed by atoms with Crippen molar-refractivity contribution >= 4 is 35.0 Å². The molecule has 7 nitrogen and oxygen atoms in total. The van der Waals surface area contributed by atoms with E-state index >= 15 is 0 Å². The van der Waals surface area contributed by atoms with E-state index in [0.29, 0.717) is 22.4 Å². The van der Waals surface area contributed by atoms with Crippen LogP contribution in [0.15, 0.2) is 69.2 Å². The topological polar surface area (TPSA) is 91.2 Å². The fourth-order valence-corrected chi connectivity index (χ4v) is 4.16. The molecule has 1 aliphatic rings. The Bertz CT molecular complexity index is 1140. The summed E-state index contributed by atoms with van der Waals surface area (Å²) in [5, 5.41) is 2.61. The molecule has 0 aliphatic carbocycles. The predicted molar refractivity (Wildman–Crippen MR) is 120 cm³/mol. The van der Waals surface area contributed by atoms with Gasteiger partial charge in [0.05, 0.1) is 17.7 Å². The Hall–Kier alpha value is -2.97. The molecule has 0 bridgehead atoms. The van der Waals surface area contributed by atoms with E-state index in [1.807, 2.05) is 31.2 Å². The van der Waals surface area contributed by atoms with Crippen LogP contribution < -0.4 is 11.0 Å². The molecular formula is C22H21ClN4O3S. The van der Waals surface area contributed by atoms with Crippen LogP contribution in [0.4, 0.5) is 0 Å². The maximum absolute atomic E-state index is 13.1. The lowest BCUT2D eigenvalue weighted by atomic mass is 10.1. The molecule has 2 N–H and O–H groups in total. The van der Waals surface area contributed by atoms with Crippen LogP contribution in [-0.2, 0) is 11.2 Å². The van der Waals surface area contributed by atoms with Crippen LogP contribution in [0.3, 0.4) is 0 Å². The van der Waals surface area contributed by atoms with Crippen molar-refractivity contribution in [2.45, 2.75) is 31.0 Å². The first-order valence-electron chi connectivity index (χ1n) is 9.86. The van der Waals surface area contributed by atoms with Crippen molar-refractivity contribution in [3.63, 3.8) is 0 Å². The van der Waals surface area contributed by atoms with Crippen molar-refractivity contribution in [3.8, 4) is 0 Å². The average Bonchev–Trinajstić information content (AvgIpc) is 3.42. The molecule has 160 valence electrons. The molecule has 0 radical (unpaired) electrons. The Labute approximate surface area is 188 Å². The van der Waals surface area contributed by atoms with Crippen LogP contribution in [0.2, 0.25) is 5.02 Å². The number of carbonyl (C=O) groups is 1. The van der Waals surface area contributed by atoms with Crippen LogP contribution in [0.1, 0.15) is 36.4 Å². The predicted octanol–water partition coefficient (Wildman–Crippen LogP) is 4.19. The summed E-state index contributed by atoms with van der Waals surface area (Å²) in [5.74, 6) is 0.575. The molecule has 0 unspecified atom stereocenters. The lowest BCUT2D eigenvalue weighted by Crippen LogP contribution is -2.40. The van der Waals surface area contributed by atoms with Gasteiger partial charge in [0, 0.05) is 16.8 Å². The third-order valence-corrected chi connectivity index (χ3v) is 5.82. The number of furan rings is 1. The van der Waals surface area contributed by atoms with Crippen molar-refractivity contribution in [1.29, 1.82) is 0 Å². The fraction of sp³-hybridized carbons (Fsp3) is 0.227. The van der Waals surface area contributed by atoms with E-state index in [0.717, 1.165) is 23.4 Å². The number of rotatable bonds is 7. The lowest BCUT2D eigenvalue weighted by molar-refractivity contribution is -0.131. The van der Waals surface area contributed by atoms with Gasteiger partial charge in [-0.25, -0.2) is 9.99 Å². The van der Waals surface area contributed by atoms with Crippen molar-refractivity contribution in [2.24, 2.45) is 0 Å². The minimum Gasteiger partial charge on any atom is -0.467 e. The van der Waals surface area contributed by atoms with E-state index in [-0.39, 0.29) is 17.2 Å². The van der Waals surface area contributed by atoms with Crippen molar-refractivity contribution < 1.29 is 9.21 Å². The molecule has 1 atom stereocenters. The monoisotopic (exact) mass is 456 g/mol. The highest BCUT2D eigenvalue weighted by atomic mass is 35.5. The molecule has 31 heavy (non-hydrogen) atoms. The van der Waals surface area contributed by atoms with E-state index in [2.05, 4.69) is 15.4 Å². The standard InChI is InChI=1S/C22H21ClN4O3S/c1-2-4-16-11-20(28)25-22(24-16)31-13-21(29)27-18(19-5-3-10-30-19)12-17(26-27)14-6-8-15(23)9-7-14/h3,5-12,18,26H,2,4,13H2,1H3,(H,24,25,28)/t18-/m0/s1. The SMILES string of the molecule is CCCc1cc(=O)[nH]c(SCC(=O)N2NC(c3ccc(Cl)cc3)=C[C@H]2c2ccco2)n1.